The van der Waals surface area contributed by atoms with Gasteiger partial charge >= 0.3 is 6.03 Å². The zero-order valence-electron chi connectivity index (χ0n) is 13.5. The van der Waals surface area contributed by atoms with Crippen molar-refractivity contribution in [3.05, 3.63) is 41.7 Å². The molecule has 2 aromatic rings. The third-order valence-electron chi connectivity index (χ3n) is 3.17. The molecule has 23 heavy (non-hydrogen) atoms. The van der Waals surface area contributed by atoms with Crippen molar-refractivity contribution in [3.8, 4) is 5.69 Å². The number of benzene rings is 1. The predicted octanol–water partition coefficient (Wildman–Crippen LogP) is 3.46. The minimum atomic E-state index is -0.420. The Bertz CT molecular complexity index is 656. The second-order valence-electron chi connectivity index (χ2n) is 5.61. The lowest BCUT2D eigenvalue weighted by atomic mass is 10.1. The fourth-order valence-electron chi connectivity index (χ4n) is 2.11. The molecular weight excluding hydrogens is 316 g/mol. The van der Waals surface area contributed by atoms with Gasteiger partial charge in [-0.05, 0) is 45.0 Å². The van der Waals surface area contributed by atoms with Gasteiger partial charge in [0, 0.05) is 30.6 Å². The Labute approximate surface area is 140 Å². The Balaban J connectivity index is 2.07. The molecule has 0 bridgehead atoms. The van der Waals surface area contributed by atoms with Crippen molar-refractivity contribution in [1.29, 1.82) is 0 Å². The number of urea groups is 1. The molecule has 6 nitrogen and oxygen atoms in total. The van der Waals surface area contributed by atoms with Crippen LogP contribution in [0.15, 0.2) is 36.7 Å². The number of anilines is 1. The Morgan fingerprint density at radius 1 is 1.43 bits per heavy atom. The average molecular weight is 337 g/mol. The highest BCUT2D eigenvalue weighted by Gasteiger charge is 2.19. The topological polar surface area (TPSA) is 68.2 Å². The molecule has 0 saturated heterocycles. The van der Waals surface area contributed by atoms with Crippen molar-refractivity contribution in [2.24, 2.45) is 0 Å². The van der Waals surface area contributed by atoms with Crippen molar-refractivity contribution >= 4 is 23.3 Å². The summed E-state index contributed by atoms with van der Waals surface area (Å²) in [6, 6.07) is 6.69. The standard InChI is InChI=1S/C16H21ClN4O2/c1-4-23-16(2,3)11-18-15(22)20-13-7-6-12(17)10-14(13)21-9-5-8-19-21/h5-10H,4,11H2,1-3H3,(H2,18,20,22). The van der Waals surface area contributed by atoms with Crippen LogP contribution in [0.1, 0.15) is 20.8 Å². The highest BCUT2D eigenvalue weighted by molar-refractivity contribution is 6.30. The van der Waals surface area contributed by atoms with E-state index in [2.05, 4.69) is 15.7 Å². The minimum absolute atomic E-state index is 0.312. The van der Waals surface area contributed by atoms with Crippen LogP contribution in [-0.4, -0.2) is 34.6 Å². The number of halogens is 1. The molecule has 0 aliphatic carbocycles. The maximum atomic E-state index is 12.1. The summed E-state index contributed by atoms with van der Waals surface area (Å²) in [5.74, 6) is 0. The summed E-state index contributed by atoms with van der Waals surface area (Å²) in [5, 5.41) is 10.4. The third-order valence-corrected chi connectivity index (χ3v) is 3.40. The van der Waals surface area contributed by atoms with Gasteiger partial charge < -0.3 is 15.4 Å². The summed E-state index contributed by atoms with van der Waals surface area (Å²) in [4.78, 5) is 12.1. The molecule has 0 unspecified atom stereocenters. The molecule has 0 saturated carbocycles. The molecule has 0 aliphatic heterocycles. The van der Waals surface area contributed by atoms with Crippen molar-refractivity contribution in [2.45, 2.75) is 26.4 Å². The minimum Gasteiger partial charge on any atom is -0.374 e. The molecule has 0 atom stereocenters. The molecule has 2 amide bonds. The van der Waals surface area contributed by atoms with Crippen LogP contribution in [0.25, 0.3) is 5.69 Å². The van der Waals surface area contributed by atoms with Gasteiger partial charge in [0.15, 0.2) is 0 Å². The zero-order chi connectivity index (χ0) is 16.9. The first-order valence-corrected chi connectivity index (χ1v) is 7.77. The number of aromatic nitrogens is 2. The van der Waals surface area contributed by atoms with Gasteiger partial charge in [-0.15, -0.1) is 0 Å². The number of rotatable bonds is 6. The smallest absolute Gasteiger partial charge is 0.319 e. The molecule has 2 N–H and O–H groups in total. The highest BCUT2D eigenvalue weighted by Crippen LogP contribution is 2.24. The van der Waals surface area contributed by atoms with E-state index in [0.29, 0.717) is 29.5 Å². The lowest BCUT2D eigenvalue weighted by Crippen LogP contribution is -2.42. The predicted molar refractivity (Wildman–Crippen MR) is 91.3 cm³/mol. The number of amides is 2. The van der Waals surface area contributed by atoms with Crippen molar-refractivity contribution < 1.29 is 9.53 Å². The number of carbonyl (C=O) groups excluding carboxylic acids is 1. The van der Waals surface area contributed by atoms with Gasteiger partial charge in [-0.2, -0.15) is 5.10 Å². The van der Waals surface area contributed by atoms with E-state index in [0.717, 1.165) is 0 Å². The van der Waals surface area contributed by atoms with E-state index in [1.807, 2.05) is 20.8 Å². The Kier molecular flexibility index (Phi) is 5.63. The second kappa shape index (κ2) is 7.48. The number of ether oxygens (including phenoxy) is 1. The van der Waals surface area contributed by atoms with E-state index in [1.165, 1.54) is 0 Å². The van der Waals surface area contributed by atoms with Crippen LogP contribution in [0.4, 0.5) is 10.5 Å². The van der Waals surface area contributed by atoms with Gasteiger partial charge in [0.25, 0.3) is 0 Å². The maximum Gasteiger partial charge on any atom is 0.319 e. The van der Waals surface area contributed by atoms with Crippen LogP contribution in [0.5, 0.6) is 0 Å². The number of carbonyl (C=O) groups is 1. The summed E-state index contributed by atoms with van der Waals surface area (Å²) in [6.07, 6.45) is 3.45. The van der Waals surface area contributed by atoms with Crippen molar-refractivity contribution in [1.82, 2.24) is 15.1 Å². The molecule has 2 rings (SSSR count). The molecule has 124 valence electrons. The summed E-state index contributed by atoms with van der Waals surface area (Å²) < 4.78 is 7.20. The number of hydrogen-bond donors (Lipinski definition) is 2. The summed E-state index contributed by atoms with van der Waals surface area (Å²) in [5.41, 5.74) is 0.892. The van der Waals surface area contributed by atoms with E-state index in [9.17, 15) is 4.79 Å². The van der Waals surface area contributed by atoms with Gasteiger partial charge in [0.05, 0.1) is 17.0 Å². The highest BCUT2D eigenvalue weighted by atomic mass is 35.5. The first-order valence-electron chi connectivity index (χ1n) is 7.39. The van der Waals surface area contributed by atoms with E-state index >= 15 is 0 Å². The Morgan fingerprint density at radius 2 is 2.22 bits per heavy atom. The van der Waals surface area contributed by atoms with Gasteiger partial charge in [0.2, 0.25) is 0 Å². The molecule has 1 aromatic heterocycles. The maximum absolute atomic E-state index is 12.1. The lowest BCUT2D eigenvalue weighted by molar-refractivity contribution is -0.00662. The van der Waals surface area contributed by atoms with Gasteiger partial charge in [-0.1, -0.05) is 11.6 Å². The molecule has 1 aromatic carbocycles. The van der Waals surface area contributed by atoms with Crippen LogP contribution in [0.2, 0.25) is 5.02 Å². The monoisotopic (exact) mass is 336 g/mol. The molecule has 1 heterocycles. The van der Waals surface area contributed by atoms with Crippen LogP contribution >= 0.6 is 11.6 Å². The van der Waals surface area contributed by atoms with E-state index in [1.54, 1.807) is 41.3 Å². The van der Waals surface area contributed by atoms with Crippen LogP contribution in [0.3, 0.4) is 0 Å². The molecule has 7 heteroatoms. The zero-order valence-corrected chi connectivity index (χ0v) is 14.2. The fraction of sp³-hybridized carbons (Fsp3) is 0.375. The summed E-state index contributed by atoms with van der Waals surface area (Å²) in [6.45, 7) is 6.77. The summed E-state index contributed by atoms with van der Waals surface area (Å²) >= 11 is 6.04. The Morgan fingerprint density at radius 3 is 2.87 bits per heavy atom. The quantitative estimate of drug-likeness (QED) is 0.848. The first-order chi connectivity index (χ1) is 10.9. The van der Waals surface area contributed by atoms with Crippen LogP contribution in [0, 0.1) is 0 Å². The van der Waals surface area contributed by atoms with Gasteiger partial charge in [-0.3, -0.25) is 0 Å². The summed E-state index contributed by atoms with van der Waals surface area (Å²) in [7, 11) is 0. The van der Waals surface area contributed by atoms with Crippen molar-refractivity contribution in [2.75, 3.05) is 18.5 Å². The SMILES string of the molecule is CCOC(C)(C)CNC(=O)Nc1ccc(Cl)cc1-n1cccn1. The second-order valence-corrected chi connectivity index (χ2v) is 6.05. The van der Waals surface area contributed by atoms with Crippen molar-refractivity contribution in [3.63, 3.8) is 0 Å². The number of nitrogens with zero attached hydrogens (tertiary/aromatic N) is 2. The van der Waals surface area contributed by atoms with Crippen LogP contribution in [-0.2, 0) is 4.74 Å². The number of hydrogen-bond acceptors (Lipinski definition) is 3. The Hall–Kier alpha value is -2.05. The molecule has 0 spiro atoms. The largest absolute Gasteiger partial charge is 0.374 e. The van der Waals surface area contributed by atoms with E-state index in [-0.39, 0.29) is 6.03 Å². The van der Waals surface area contributed by atoms with E-state index < -0.39 is 5.60 Å². The molecule has 0 radical (unpaired) electrons. The molecular formula is C16H21ClN4O2. The van der Waals surface area contributed by atoms with Gasteiger partial charge in [-0.25, -0.2) is 9.48 Å². The lowest BCUT2D eigenvalue weighted by Gasteiger charge is -2.25. The molecule has 0 fully saturated rings. The average Bonchev–Trinajstić information content (AvgIpc) is 3.01. The fourth-order valence-corrected chi connectivity index (χ4v) is 2.28. The normalized spacial score (nSPS) is 11.3. The van der Waals surface area contributed by atoms with Gasteiger partial charge in [0.1, 0.15) is 0 Å². The van der Waals surface area contributed by atoms with Crippen LogP contribution < -0.4 is 10.6 Å². The first kappa shape index (κ1) is 17.3. The third kappa shape index (κ3) is 4.97. The van der Waals surface area contributed by atoms with E-state index in [4.69, 9.17) is 16.3 Å². The molecule has 0 aliphatic rings. The number of nitrogens with one attached hydrogen (secondary N) is 2.